The number of aromatic nitrogens is 3. The number of Topliss-reactive ketones (excluding diaryl/α,β-unsaturated/α-hetero) is 1. The lowest BCUT2D eigenvalue weighted by Gasteiger charge is -2.09. The summed E-state index contributed by atoms with van der Waals surface area (Å²) in [5, 5.41) is 0. The van der Waals surface area contributed by atoms with Crippen LogP contribution in [0.3, 0.4) is 0 Å². The summed E-state index contributed by atoms with van der Waals surface area (Å²) >= 11 is 0. The van der Waals surface area contributed by atoms with E-state index in [4.69, 9.17) is 4.74 Å². The summed E-state index contributed by atoms with van der Waals surface area (Å²) in [5.74, 6) is -0.0600. The minimum absolute atomic E-state index is 0.0365. The first-order valence-electron chi connectivity index (χ1n) is 8.28. The zero-order chi connectivity index (χ0) is 18.1. The van der Waals surface area contributed by atoms with Gasteiger partial charge in [-0.3, -0.25) is 13.9 Å². The number of ether oxygens (including phenoxy) is 1. The van der Waals surface area contributed by atoms with Crippen LogP contribution < -0.4 is 5.69 Å². The lowest BCUT2D eigenvalue weighted by Crippen LogP contribution is -2.25. The summed E-state index contributed by atoms with van der Waals surface area (Å²) in [6.45, 7) is 5.24. The zero-order valence-corrected chi connectivity index (χ0v) is 15.1. The van der Waals surface area contributed by atoms with Crippen LogP contribution in [0.25, 0.3) is 11.0 Å². The first-order chi connectivity index (χ1) is 12.0. The highest BCUT2D eigenvalue weighted by molar-refractivity contribution is 5.98. The number of fused-ring (bicyclic) bond motifs is 1. The normalized spacial score (nSPS) is 11.4. The number of methoxy groups -OCH3 is 1. The van der Waals surface area contributed by atoms with Crippen molar-refractivity contribution in [2.45, 2.75) is 26.9 Å². The summed E-state index contributed by atoms with van der Waals surface area (Å²) in [4.78, 5) is 25.4. The van der Waals surface area contributed by atoms with Crippen molar-refractivity contribution in [1.29, 1.82) is 0 Å². The van der Waals surface area contributed by atoms with Crippen LogP contribution in [0.15, 0.2) is 35.1 Å². The van der Waals surface area contributed by atoms with Crippen molar-refractivity contribution >= 4 is 16.8 Å². The third-order valence-corrected chi connectivity index (χ3v) is 4.75. The molecule has 25 heavy (non-hydrogen) atoms. The Bertz CT molecular complexity index is 991. The predicted molar refractivity (Wildman–Crippen MR) is 97.3 cm³/mol. The fourth-order valence-electron chi connectivity index (χ4n) is 3.35. The molecule has 0 aliphatic carbocycles. The summed E-state index contributed by atoms with van der Waals surface area (Å²) in [5.41, 5.74) is 4.01. The van der Waals surface area contributed by atoms with Crippen molar-refractivity contribution < 1.29 is 9.53 Å². The van der Waals surface area contributed by atoms with Crippen LogP contribution in [-0.2, 0) is 24.9 Å². The lowest BCUT2D eigenvalue weighted by molar-refractivity contribution is 0.0971. The monoisotopic (exact) mass is 341 g/mol. The molecule has 6 nitrogen and oxygen atoms in total. The van der Waals surface area contributed by atoms with Gasteiger partial charge in [0.1, 0.15) is 0 Å². The van der Waals surface area contributed by atoms with Crippen LogP contribution in [0.5, 0.6) is 0 Å². The van der Waals surface area contributed by atoms with Gasteiger partial charge in [-0.25, -0.2) is 4.79 Å². The van der Waals surface area contributed by atoms with Gasteiger partial charge in [0.25, 0.3) is 0 Å². The van der Waals surface area contributed by atoms with Crippen LogP contribution in [0.4, 0.5) is 0 Å². The van der Waals surface area contributed by atoms with Crippen molar-refractivity contribution in [2.75, 3.05) is 13.7 Å². The standard InChI is InChI=1S/C19H23N3O3/c1-13-11-15(14(2)21(13)9-10-25-4)18(23)12-22-17-8-6-5-7-16(17)20(3)19(22)24/h5-8,11H,9-10,12H2,1-4H3. The van der Waals surface area contributed by atoms with Gasteiger partial charge in [0.2, 0.25) is 0 Å². The highest BCUT2D eigenvalue weighted by Crippen LogP contribution is 2.18. The van der Waals surface area contributed by atoms with E-state index in [1.54, 1.807) is 23.3 Å². The van der Waals surface area contributed by atoms with E-state index in [9.17, 15) is 9.59 Å². The van der Waals surface area contributed by atoms with Gasteiger partial charge in [-0.15, -0.1) is 0 Å². The Morgan fingerprint density at radius 1 is 1.12 bits per heavy atom. The number of hydrogen-bond donors (Lipinski definition) is 0. The number of imidazole rings is 1. The van der Waals surface area contributed by atoms with Crippen LogP contribution in [0, 0.1) is 13.8 Å². The Morgan fingerprint density at radius 3 is 2.48 bits per heavy atom. The molecule has 0 N–H and O–H groups in total. The van der Waals surface area contributed by atoms with E-state index in [1.165, 1.54) is 0 Å². The van der Waals surface area contributed by atoms with Crippen molar-refractivity contribution in [2.24, 2.45) is 7.05 Å². The van der Waals surface area contributed by atoms with Crippen molar-refractivity contribution in [3.8, 4) is 0 Å². The van der Waals surface area contributed by atoms with Gasteiger partial charge in [0.15, 0.2) is 5.78 Å². The van der Waals surface area contributed by atoms with Gasteiger partial charge in [-0.2, -0.15) is 0 Å². The SMILES string of the molecule is COCCn1c(C)cc(C(=O)Cn2c(=O)n(C)c3ccccc32)c1C. The second-order valence-corrected chi connectivity index (χ2v) is 6.27. The number of hydrogen-bond acceptors (Lipinski definition) is 3. The number of benzene rings is 1. The molecule has 0 aliphatic rings. The number of ketones is 1. The molecule has 0 radical (unpaired) electrons. The maximum atomic E-state index is 12.9. The minimum Gasteiger partial charge on any atom is -0.383 e. The molecule has 3 rings (SSSR count). The van der Waals surface area contributed by atoms with E-state index in [0.29, 0.717) is 18.7 Å². The maximum absolute atomic E-state index is 12.9. The first-order valence-corrected chi connectivity index (χ1v) is 8.28. The smallest absolute Gasteiger partial charge is 0.329 e. The molecule has 2 heterocycles. The molecule has 6 heteroatoms. The number of carbonyl (C=O) groups excluding carboxylic acids is 1. The molecule has 132 valence electrons. The van der Waals surface area contributed by atoms with Gasteiger partial charge >= 0.3 is 5.69 Å². The molecular weight excluding hydrogens is 318 g/mol. The maximum Gasteiger partial charge on any atom is 0.329 e. The fourth-order valence-corrected chi connectivity index (χ4v) is 3.35. The number of nitrogens with zero attached hydrogens (tertiary/aromatic N) is 3. The molecule has 2 aromatic heterocycles. The third-order valence-electron chi connectivity index (χ3n) is 4.75. The van der Waals surface area contributed by atoms with Crippen LogP contribution >= 0.6 is 0 Å². The zero-order valence-electron chi connectivity index (χ0n) is 15.1. The molecule has 0 saturated heterocycles. The van der Waals surface area contributed by atoms with Crippen LogP contribution in [0.1, 0.15) is 21.7 Å². The number of carbonyl (C=O) groups is 1. The Balaban J connectivity index is 1.97. The van der Waals surface area contributed by atoms with Gasteiger partial charge in [0, 0.05) is 37.7 Å². The lowest BCUT2D eigenvalue weighted by atomic mass is 10.1. The number of aryl methyl sites for hydroxylation is 2. The molecule has 0 bridgehead atoms. The molecule has 0 spiro atoms. The van der Waals surface area contributed by atoms with Crippen molar-refractivity contribution in [3.05, 3.63) is 57.8 Å². The van der Waals surface area contributed by atoms with Crippen LogP contribution in [0.2, 0.25) is 0 Å². The van der Waals surface area contributed by atoms with Crippen molar-refractivity contribution in [1.82, 2.24) is 13.7 Å². The summed E-state index contributed by atoms with van der Waals surface area (Å²) in [7, 11) is 3.38. The molecule has 0 atom stereocenters. The largest absolute Gasteiger partial charge is 0.383 e. The van der Waals surface area contributed by atoms with E-state index in [0.717, 1.165) is 22.4 Å². The van der Waals surface area contributed by atoms with E-state index < -0.39 is 0 Å². The van der Waals surface area contributed by atoms with Gasteiger partial charge < -0.3 is 9.30 Å². The summed E-state index contributed by atoms with van der Waals surface area (Å²) in [6, 6.07) is 9.40. The first kappa shape index (κ1) is 17.2. The molecule has 0 fully saturated rings. The Hall–Kier alpha value is -2.60. The molecular formula is C19H23N3O3. The third kappa shape index (κ3) is 2.93. The van der Waals surface area contributed by atoms with E-state index in [-0.39, 0.29) is 18.0 Å². The molecule has 0 unspecified atom stereocenters. The second-order valence-electron chi connectivity index (χ2n) is 6.27. The molecule has 3 aromatic rings. The molecule has 1 aromatic carbocycles. The van der Waals surface area contributed by atoms with Crippen molar-refractivity contribution in [3.63, 3.8) is 0 Å². The summed E-state index contributed by atoms with van der Waals surface area (Å²) < 4.78 is 10.3. The molecule has 0 saturated carbocycles. The van der Waals surface area contributed by atoms with Gasteiger partial charge in [-0.1, -0.05) is 12.1 Å². The second kappa shape index (κ2) is 6.72. The minimum atomic E-state index is -0.178. The Kier molecular flexibility index (Phi) is 4.63. The number of para-hydroxylation sites is 2. The highest BCUT2D eigenvalue weighted by Gasteiger charge is 2.19. The van der Waals surface area contributed by atoms with Gasteiger partial charge in [0.05, 0.1) is 24.2 Å². The topological polar surface area (TPSA) is 58.2 Å². The van der Waals surface area contributed by atoms with Gasteiger partial charge in [-0.05, 0) is 32.0 Å². The van der Waals surface area contributed by atoms with Crippen LogP contribution in [-0.4, -0.2) is 33.2 Å². The molecule has 0 amide bonds. The quantitative estimate of drug-likeness (QED) is 0.646. The van der Waals surface area contributed by atoms with E-state index in [1.807, 2.05) is 44.2 Å². The average Bonchev–Trinajstić information content (AvgIpc) is 3.02. The highest BCUT2D eigenvalue weighted by atomic mass is 16.5. The fraction of sp³-hybridized carbons (Fsp3) is 0.368. The Morgan fingerprint density at radius 2 is 1.80 bits per heavy atom. The summed E-state index contributed by atoms with van der Waals surface area (Å²) in [6.07, 6.45) is 0. The predicted octanol–water partition coefficient (Wildman–Crippen LogP) is 2.29. The average molecular weight is 341 g/mol. The van der Waals surface area contributed by atoms with E-state index >= 15 is 0 Å². The Labute approximate surface area is 146 Å². The number of rotatable bonds is 6. The van der Waals surface area contributed by atoms with E-state index in [2.05, 4.69) is 4.57 Å². The molecule has 0 aliphatic heterocycles.